The van der Waals surface area contributed by atoms with Gasteiger partial charge in [-0.15, -0.1) is 0 Å². The van der Waals surface area contributed by atoms with Crippen LogP contribution in [0.4, 0.5) is 0 Å². The third kappa shape index (κ3) is 4.70. The van der Waals surface area contributed by atoms with Gasteiger partial charge in [0.05, 0.1) is 21.7 Å². The minimum Gasteiger partial charge on any atom is -0.349 e. The van der Waals surface area contributed by atoms with Crippen molar-refractivity contribution in [2.24, 2.45) is 0 Å². The first-order valence-corrected chi connectivity index (χ1v) is 13.6. The average Bonchev–Trinajstić information content (AvgIpc) is 3.21. The summed E-state index contributed by atoms with van der Waals surface area (Å²) in [5.41, 5.74) is 2.48. The Morgan fingerprint density at radius 2 is 1.74 bits per heavy atom. The van der Waals surface area contributed by atoms with E-state index in [9.17, 15) is 13.2 Å². The van der Waals surface area contributed by atoms with Gasteiger partial charge in [-0.05, 0) is 62.1 Å². The number of pyridine rings is 2. The number of sulfonamides is 1. The maximum absolute atomic E-state index is 13.4. The van der Waals surface area contributed by atoms with Crippen LogP contribution in [-0.4, -0.2) is 47.7 Å². The van der Waals surface area contributed by atoms with Crippen LogP contribution in [0.1, 0.15) is 61.7 Å². The molecule has 34 heavy (non-hydrogen) atoms. The Morgan fingerprint density at radius 3 is 2.44 bits per heavy atom. The first kappa shape index (κ1) is 22.9. The van der Waals surface area contributed by atoms with E-state index < -0.39 is 10.0 Å². The van der Waals surface area contributed by atoms with Crippen molar-refractivity contribution in [2.75, 3.05) is 13.1 Å². The SMILES string of the molecule is O=C(NC1CCCC1)c1cc(-c2cccnc2)nc2ccc(S(=O)(=O)N3CCCCCC3)cc12. The molecule has 1 amide bonds. The molecule has 1 aliphatic carbocycles. The van der Waals surface area contributed by atoms with Crippen LogP contribution >= 0.6 is 0 Å². The molecule has 1 aliphatic heterocycles. The van der Waals surface area contributed by atoms with Gasteiger partial charge in [0.2, 0.25) is 10.0 Å². The fourth-order valence-corrected chi connectivity index (χ4v) is 6.52. The zero-order valence-corrected chi connectivity index (χ0v) is 20.1. The Balaban J connectivity index is 1.59. The van der Waals surface area contributed by atoms with Gasteiger partial charge >= 0.3 is 0 Å². The molecule has 3 heterocycles. The summed E-state index contributed by atoms with van der Waals surface area (Å²) in [6.45, 7) is 1.07. The van der Waals surface area contributed by atoms with E-state index in [1.54, 1.807) is 41.0 Å². The molecule has 7 nitrogen and oxygen atoms in total. The van der Waals surface area contributed by atoms with Crippen molar-refractivity contribution >= 4 is 26.8 Å². The number of fused-ring (bicyclic) bond motifs is 1. The highest BCUT2D eigenvalue weighted by Crippen LogP contribution is 2.29. The van der Waals surface area contributed by atoms with E-state index in [0.717, 1.165) is 56.9 Å². The van der Waals surface area contributed by atoms with Crippen LogP contribution in [0, 0.1) is 0 Å². The van der Waals surface area contributed by atoms with E-state index >= 15 is 0 Å². The minimum atomic E-state index is -3.64. The van der Waals surface area contributed by atoms with E-state index in [1.807, 2.05) is 12.1 Å². The quantitative estimate of drug-likeness (QED) is 0.581. The lowest BCUT2D eigenvalue weighted by atomic mass is 10.0. The van der Waals surface area contributed by atoms with Crippen molar-refractivity contribution in [3.63, 3.8) is 0 Å². The third-order valence-electron chi connectivity index (χ3n) is 6.88. The summed E-state index contributed by atoms with van der Waals surface area (Å²) in [5.74, 6) is -0.186. The molecule has 0 unspecified atom stereocenters. The molecule has 2 fully saturated rings. The Bertz CT molecular complexity index is 1280. The predicted octanol–water partition coefficient (Wildman–Crippen LogP) is 4.53. The second-order valence-corrected chi connectivity index (χ2v) is 11.2. The van der Waals surface area contributed by atoms with E-state index in [2.05, 4.69) is 10.3 Å². The molecule has 1 aromatic carbocycles. The largest absolute Gasteiger partial charge is 0.349 e. The second-order valence-electron chi connectivity index (χ2n) is 9.25. The molecule has 0 bridgehead atoms. The molecule has 3 aromatic rings. The Morgan fingerprint density at radius 1 is 0.971 bits per heavy atom. The van der Waals surface area contributed by atoms with Crippen molar-refractivity contribution in [3.05, 3.63) is 54.4 Å². The third-order valence-corrected chi connectivity index (χ3v) is 8.77. The maximum Gasteiger partial charge on any atom is 0.252 e. The van der Waals surface area contributed by atoms with E-state index in [1.165, 1.54) is 0 Å². The molecular formula is C26H30N4O3S. The number of aromatic nitrogens is 2. The number of benzene rings is 1. The molecule has 5 rings (SSSR count). The van der Waals surface area contributed by atoms with Crippen LogP contribution in [-0.2, 0) is 10.0 Å². The lowest BCUT2D eigenvalue weighted by Gasteiger charge is -2.20. The number of hydrogen-bond acceptors (Lipinski definition) is 5. The smallest absolute Gasteiger partial charge is 0.252 e. The van der Waals surface area contributed by atoms with Crippen molar-refractivity contribution in [3.8, 4) is 11.3 Å². The molecular weight excluding hydrogens is 448 g/mol. The van der Waals surface area contributed by atoms with Gasteiger partial charge in [0.1, 0.15) is 0 Å². The fraction of sp³-hybridized carbons (Fsp3) is 0.423. The van der Waals surface area contributed by atoms with Crippen molar-refractivity contribution < 1.29 is 13.2 Å². The van der Waals surface area contributed by atoms with Crippen LogP contribution in [0.3, 0.4) is 0 Å². The molecule has 0 atom stereocenters. The highest BCUT2D eigenvalue weighted by molar-refractivity contribution is 7.89. The van der Waals surface area contributed by atoms with Gasteiger partial charge in [-0.1, -0.05) is 25.7 Å². The predicted molar refractivity (Wildman–Crippen MR) is 132 cm³/mol. The standard InChI is InChI=1S/C26H30N4O3S/c31-26(28-20-9-3-4-10-20)23-17-25(19-8-7-13-27-18-19)29-24-12-11-21(16-22(23)24)34(32,33)30-14-5-1-2-6-15-30/h7-8,11-13,16-18,20H,1-6,9-10,14-15H2,(H,28,31). The molecule has 1 N–H and O–H groups in total. The van der Waals surface area contributed by atoms with Crippen LogP contribution < -0.4 is 5.32 Å². The molecule has 2 aliphatic rings. The number of nitrogens with zero attached hydrogens (tertiary/aromatic N) is 3. The zero-order chi connectivity index (χ0) is 23.5. The number of amides is 1. The van der Waals surface area contributed by atoms with Crippen LogP contribution in [0.15, 0.2) is 53.7 Å². The summed E-state index contributed by atoms with van der Waals surface area (Å²) in [6.07, 6.45) is 11.4. The van der Waals surface area contributed by atoms with Gasteiger partial charge in [-0.3, -0.25) is 9.78 Å². The Labute approximate surface area is 200 Å². The first-order chi connectivity index (χ1) is 16.5. The van der Waals surface area contributed by atoms with Gasteiger partial charge in [-0.25, -0.2) is 13.4 Å². The summed E-state index contributed by atoms with van der Waals surface area (Å²) in [7, 11) is -3.64. The van der Waals surface area contributed by atoms with Crippen molar-refractivity contribution in [1.29, 1.82) is 0 Å². The minimum absolute atomic E-state index is 0.154. The molecule has 0 spiro atoms. The normalized spacial score (nSPS) is 18.1. The number of carbonyl (C=O) groups is 1. The summed E-state index contributed by atoms with van der Waals surface area (Å²) >= 11 is 0. The number of carbonyl (C=O) groups excluding carboxylic acids is 1. The lowest BCUT2D eigenvalue weighted by molar-refractivity contribution is 0.0939. The first-order valence-electron chi connectivity index (χ1n) is 12.2. The lowest BCUT2D eigenvalue weighted by Crippen LogP contribution is -2.33. The van der Waals surface area contributed by atoms with Crippen LogP contribution in [0.25, 0.3) is 22.2 Å². The van der Waals surface area contributed by atoms with Gasteiger partial charge in [0.15, 0.2) is 0 Å². The van der Waals surface area contributed by atoms with Gasteiger partial charge in [0, 0.05) is 42.5 Å². The van der Waals surface area contributed by atoms with E-state index in [0.29, 0.717) is 35.2 Å². The summed E-state index contributed by atoms with van der Waals surface area (Å²) in [5, 5.41) is 3.71. The maximum atomic E-state index is 13.4. The van der Waals surface area contributed by atoms with Crippen molar-refractivity contribution in [2.45, 2.75) is 62.3 Å². The number of hydrogen-bond donors (Lipinski definition) is 1. The Kier molecular flexibility index (Phi) is 6.61. The summed E-state index contributed by atoms with van der Waals surface area (Å²) in [6, 6.07) is 10.6. The summed E-state index contributed by atoms with van der Waals surface area (Å²) < 4.78 is 28.4. The van der Waals surface area contributed by atoms with Crippen LogP contribution in [0.2, 0.25) is 0 Å². The molecule has 0 radical (unpaired) electrons. The van der Waals surface area contributed by atoms with Crippen LogP contribution in [0.5, 0.6) is 0 Å². The molecule has 1 saturated heterocycles. The highest BCUT2D eigenvalue weighted by Gasteiger charge is 2.27. The van der Waals surface area contributed by atoms with Gasteiger partial charge in [-0.2, -0.15) is 4.31 Å². The Hall–Kier alpha value is -2.84. The average molecular weight is 479 g/mol. The summed E-state index contributed by atoms with van der Waals surface area (Å²) in [4.78, 5) is 22.5. The topological polar surface area (TPSA) is 92.3 Å². The van der Waals surface area contributed by atoms with Gasteiger partial charge < -0.3 is 5.32 Å². The molecule has 8 heteroatoms. The molecule has 1 saturated carbocycles. The van der Waals surface area contributed by atoms with E-state index in [4.69, 9.17) is 4.98 Å². The zero-order valence-electron chi connectivity index (χ0n) is 19.2. The number of nitrogens with one attached hydrogen (secondary N) is 1. The fourth-order valence-electron chi connectivity index (χ4n) is 4.98. The van der Waals surface area contributed by atoms with Crippen molar-refractivity contribution in [1.82, 2.24) is 19.6 Å². The molecule has 2 aromatic heterocycles. The second kappa shape index (κ2) is 9.80. The van der Waals surface area contributed by atoms with E-state index in [-0.39, 0.29) is 16.8 Å². The molecule has 178 valence electrons. The monoisotopic (exact) mass is 478 g/mol. The number of rotatable bonds is 5. The highest BCUT2D eigenvalue weighted by atomic mass is 32.2. The van der Waals surface area contributed by atoms with Gasteiger partial charge in [0.25, 0.3) is 5.91 Å².